The predicted octanol–water partition coefficient (Wildman–Crippen LogP) is 3.21. The third-order valence-electron chi connectivity index (χ3n) is 5.15. The van der Waals surface area contributed by atoms with Gasteiger partial charge in [0.15, 0.2) is 0 Å². The van der Waals surface area contributed by atoms with E-state index in [-0.39, 0.29) is 11.8 Å². The summed E-state index contributed by atoms with van der Waals surface area (Å²) in [5.41, 5.74) is 3.30. The van der Waals surface area contributed by atoms with E-state index in [0.717, 1.165) is 30.6 Å². The molecule has 1 aromatic carbocycles. The van der Waals surface area contributed by atoms with Crippen LogP contribution in [0.3, 0.4) is 0 Å². The summed E-state index contributed by atoms with van der Waals surface area (Å²) in [6.07, 6.45) is 5.22. The van der Waals surface area contributed by atoms with Crippen molar-refractivity contribution in [2.45, 2.75) is 26.7 Å². The predicted molar refractivity (Wildman–Crippen MR) is 109 cm³/mol. The van der Waals surface area contributed by atoms with E-state index in [1.165, 1.54) is 4.80 Å². The van der Waals surface area contributed by atoms with E-state index in [1.807, 2.05) is 55.1 Å². The van der Waals surface area contributed by atoms with Gasteiger partial charge in [0.1, 0.15) is 0 Å². The molecule has 4 rings (SSSR count). The topological polar surface area (TPSA) is 73.1 Å². The number of rotatable bonds is 5. The van der Waals surface area contributed by atoms with E-state index >= 15 is 0 Å². The molecule has 1 atom stereocenters. The van der Waals surface area contributed by atoms with E-state index in [2.05, 4.69) is 15.2 Å². The molecule has 0 N–H and O–H groups in total. The third kappa shape index (κ3) is 4.45. The van der Waals surface area contributed by atoms with Crippen molar-refractivity contribution in [1.82, 2.24) is 24.9 Å². The van der Waals surface area contributed by atoms with E-state index < -0.39 is 0 Å². The molecular formula is C22H25N5O2. The summed E-state index contributed by atoms with van der Waals surface area (Å²) >= 11 is 0. The van der Waals surface area contributed by atoms with Gasteiger partial charge < -0.3 is 9.64 Å². The molecule has 1 aliphatic heterocycles. The summed E-state index contributed by atoms with van der Waals surface area (Å²) in [6, 6.07) is 11.5. The summed E-state index contributed by atoms with van der Waals surface area (Å²) in [6.45, 7) is 5.91. The molecule has 3 aromatic rings. The zero-order chi connectivity index (χ0) is 20.2. The van der Waals surface area contributed by atoms with Gasteiger partial charge in [0, 0.05) is 30.8 Å². The minimum atomic E-state index is 0.0133. The Labute approximate surface area is 170 Å². The zero-order valence-corrected chi connectivity index (χ0v) is 16.8. The second-order valence-electron chi connectivity index (χ2n) is 7.53. The Balaban J connectivity index is 1.47. The van der Waals surface area contributed by atoms with Gasteiger partial charge in [-0.25, -0.2) is 4.98 Å². The van der Waals surface area contributed by atoms with Crippen molar-refractivity contribution in [3.8, 4) is 11.6 Å². The van der Waals surface area contributed by atoms with Gasteiger partial charge in [-0.15, -0.1) is 0 Å². The highest BCUT2D eigenvalue weighted by atomic mass is 16.5. The number of aromatic nitrogens is 4. The minimum Gasteiger partial charge on any atom is -0.477 e. The van der Waals surface area contributed by atoms with Crippen molar-refractivity contribution in [2.75, 3.05) is 19.7 Å². The molecule has 0 aliphatic carbocycles. The smallest absolute Gasteiger partial charge is 0.256 e. The van der Waals surface area contributed by atoms with Gasteiger partial charge in [-0.05, 0) is 44.9 Å². The van der Waals surface area contributed by atoms with E-state index in [0.29, 0.717) is 30.3 Å². The van der Waals surface area contributed by atoms with Gasteiger partial charge in [0.25, 0.3) is 5.91 Å². The van der Waals surface area contributed by atoms with E-state index in [9.17, 15) is 4.79 Å². The zero-order valence-electron chi connectivity index (χ0n) is 16.8. The fraction of sp³-hybridized carbons (Fsp3) is 0.364. The SMILES string of the molecule is Cc1ccc(-n2nccn2)c(C(=O)N2CCCC(COc3cccc(C)n3)C2)c1. The molecule has 29 heavy (non-hydrogen) atoms. The first-order chi connectivity index (χ1) is 14.1. The largest absolute Gasteiger partial charge is 0.477 e. The molecule has 0 saturated carbocycles. The van der Waals surface area contributed by atoms with Crippen LogP contribution in [0.15, 0.2) is 48.8 Å². The van der Waals surface area contributed by atoms with Crippen LogP contribution in [0, 0.1) is 19.8 Å². The fourth-order valence-electron chi connectivity index (χ4n) is 3.69. The van der Waals surface area contributed by atoms with Gasteiger partial charge in [-0.2, -0.15) is 15.0 Å². The van der Waals surface area contributed by atoms with Crippen molar-refractivity contribution < 1.29 is 9.53 Å². The molecule has 7 heteroatoms. The standard InChI is InChI=1S/C22H25N5O2/c1-16-8-9-20(27-23-10-11-24-27)19(13-16)22(28)26-12-4-6-18(14-26)15-29-21-7-3-5-17(2)25-21/h3,5,7-11,13,18H,4,6,12,14-15H2,1-2H3. The number of carbonyl (C=O) groups is 1. The number of hydrogen-bond acceptors (Lipinski definition) is 5. The molecule has 1 aliphatic rings. The normalized spacial score (nSPS) is 16.6. The molecule has 0 bridgehead atoms. The molecule has 7 nitrogen and oxygen atoms in total. The molecule has 1 fully saturated rings. The summed E-state index contributed by atoms with van der Waals surface area (Å²) < 4.78 is 5.89. The van der Waals surface area contributed by atoms with Crippen molar-refractivity contribution in [2.24, 2.45) is 5.92 Å². The summed E-state index contributed by atoms with van der Waals surface area (Å²) in [5.74, 6) is 0.935. The molecular weight excluding hydrogens is 366 g/mol. The highest BCUT2D eigenvalue weighted by molar-refractivity contribution is 5.98. The van der Waals surface area contributed by atoms with Gasteiger partial charge >= 0.3 is 0 Å². The quantitative estimate of drug-likeness (QED) is 0.668. The Morgan fingerprint density at radius 2 is 2.00 bits per heavy atom. The van der Waals surface area contributed by atoms with Gasteiger partial charge in [-0.1, -0.05) is 17.7 Å². The molecule has 1 saturated heterocycles. The fourth-order valence-corrected chi connectivity index (χ4v) is 3.69. The number of nitrogens with zero attached hydrogens (tertiary/aromatic N) is 5. The van der Waals surface area contributed by atoms with Gasteiger partial charge in [0.05, 0.1) is 30.3 Å². The van der Waals surface area contributed by atoms with Crippen LogP contribution in [0.2, 0.25) is 0 Å². The number of piperidine rings is 1. The first-order valence-electron chi connectivity index (χ1n) is 9.93. The highest BCUT2D eigenvalue weighted by Gasteiger charge is 2.27. The molecule has 1 unspecified atom stereocenters. The maximum atomic E-state index is 13.3. The average molecular weight is 391 g/mol. The minimum absolute atomic E-state index is 0.0133. The number of likely N-dealkylation sites (tertiary alicyclic amines) is 1. The maximum absolute atomic E-state index is 13.3. The number of ether oxygens (including phenoxy) is 1. The lowest BCUT2D eigenvalue weighted by Crippen LogP contribution is -2.42. The monoisotopic (exact) mass is 391 g/mol. The van der Waals surface area contributed by atoms with E-state index in [4.69, 9.17) is 4.74 Å². The molecule has 0 spiro atoms. The summed E-state index contributed by atoms with van der Waals surface area (Å²) in [5, 5.41) is 8.39. The number of amides is 1. The van der Waals surface area contributed by atoms with Crippen molar-refractivity contribution >= 4 is 5.91 Å². The Kier molecular flexibility index (Phi) is 5.55. The Morgan fingerprint density at radius 3 is 2.79 bits per heavy atom. The molecule has 150 valence electrons. The lowest BCUT2D eigenvalue weighted by atomic mass is 9.97. The first kappa shape index (κ1) is 19.1. The summed E-state index contributed by atoms with van der Waals surface area (Å²) in [4.78, 5) is 21.1. The average Bonchev–Trinajstić information content (AvgIpc) is 3.26. The maximum Gasteiger partial charge on any atom is 0.256 e. The van der Waals surface area contributed by atoms with Gasteiger partial charge in [-0.3, -0.25) is 4.79 Å². The van der Waals surface area contributed by atoms with Crippen LogP contribution in [0.4, 0.5) is 0 Å². The number of carbonyl (C=O) groups excluding carboxylic acids is 1. The van der Waals surface area contributed by atoms with Crippen LogP contribution in [-0.2, 0) is 0 Å². The van der Waals surface area contributed by atoms with Crippen LogP contribution in [0.5, 0.6) is 5.88 Å². The van der Waals surface area contributed by atoms with Gasteiger partial charge in [0.2, 0.25) is 5.88 Å². The lowest BCUT2D eigenvalue weighted by Gasteiger charge is -2.33. The van der Waals surface area contributed by atoms with Crippen molar-refractivity contribution in [3.05, 3.63) is 65.6 Å². The van der Waals surface area contributed by atoms with Crippen LogP contribution in [0.25, 0.3) is 5.69 Å². The Hall–Kier alpha value is -3.22. The van der Waals surface area contributed by atoms with E-state index in [1.54, 1.807) is 12.4 Å². The van der Waals surface area contributed by atoms with Crippen LogP contribution in [-0.4, -0.2) is 50.5 Å². The van der Waals surface area contributed by atoms with Crippen LogP contribution in [0.1, 0.15) is 34.5 Å². The summed E-state index contributed by atoms with van der Waals surface area (Å²) in [7, 11) is 0. The van der Waals surface area contributed by atoms with Crippen LogP contribution >= 0.6 is 0 Å². The number of benzene rings is 1. The number of aryl methyl sites for hydroxylation is 2. The molecule has 0 radical (unpaired) electrons. The third-order valence-corrected chi connectivity index (χ3v) is 5.15. The molecule has 3 heterocycles. The first-order valence-corrected chi connectivity index (χ1v) is 9.93. The van der Waals surface area contributed by atoms with Crippen molar-refractivity contribution in [1.29, 1.82) is 0 Å². The second kappa shape index (κ2) is 8.43. The number of pyridine rings is 1. The second-order valence-corrected chi connectivity index (χ2v) is 7.53. The molecule has 2 aromatic heterocycles. The van der Waals surface area contributed by atoms with Crippen LogP contribution < -0.4 is 4.74 Å². The number of hydrogen-bond donors (Lipinski definition) is 0. The Bertz CT molecular complexity index is 987. The highest BCUT2D eigenvalue weighted by Crippen LogP contribution is 2.23. The van der Waals surface area contributed by atoms with Crippen molar-refractivity contribution in [3.63, 3.8) is 0 Å². The molecule has 1 amide bonds. The lowest BCUT2D eigenvalue weighted by molar-refractivity contribution is 0.0631. The Morgan fingerprint density at radius 1 is 1.17 bits per heavy atom.